The highest BCUT2D eigenvalue weighted by Crippen LogP contribution is 2.29. The quantitative estimate of drug-likeness (QED) is 0.750. The van der Waals surface area contributed by atoms with E-state index in [0.717, 1.165) is 12.0 Å². The summed E-state index contributed by atoms with van der Waals surface area (Å²) < 4.78 is 1.56. The summed E-state index contributed by atoms with van der Waals surface area (Å²) >= 11 is 0. The summed E-state index contributed by atoms with van der Waals surface area (Å²) in [5.74, 6) is 0.205. The van der Waals surface area contributed by atoms with Crippen molar-refractivity contribution in [3.8, 4) is 5.82 Å². The molecular weight excluding hydrogens is 304 g/mol. The molecule has 2 aromatic heterocycles. The van der Waals surface area contributed by atoms with E-state index in [2.05, 4.69) is 20.4 Å². The molecule has 4 rings (SSSR count). The number of rotatable bonds is 3. The maximum Gasteiger partial charge on any atom is 0.271 e. The number of nitrogens with one attached hydrogen (secondary N) is 1. The van der Waals surface area contributed by atoms with Crippen molar-refractivity contribution in [2.24, 2.45) is 5.73 Å². The smallest absolute Gasteiger partial charge is 0.271 e. The number of nitrogens with two attached hydrogens (primary N) is 1. The minimum Gasteiger partial charge on any atom is -0.346 e. The summed E-state index contributed by atoms with van der Waals surface area (Å²) in [4.78, 5) is 20.9. The fourth-order valence-electron chi connectivity index (χ4n) is 2.99. The van der Waals surface area contributed by atoms with Gasteiger partial charge in [-0.1, -0.05) is 24.3 Å². The molecule has 1 aliphatic rings. The zero-order valence-electron chi connectivity index (χ0n) is 12.8. The lowest BCUT2D eigenvalue weighted by Gasteiger charge is -2.17. The van der Waals surface area contributed by atoms with Crippen LogP contribution in [0, 0.1) is 0 Å². The zero-order chi connectivity index (χ0) is 16.5. The normalized spacial score (nSPS) is 19.0. The fraction of sp³-hybridized carbons (Fsp3) is 0.176. The SMILES string of the molecule is N[C@@H]1c2ccccc2C[C@H]1NC(=O)c1cncc(-n2cccn2)n1. The standard InChI is InChI=1S/C17H16N6O/c18-16-12-5-2-1-4-11(12)8-13(16)22-17(24)14-9-19-10-15(21-14)23-7-3-6-20-23/h1-7,9-10,13,16H,8,18H2,(H,22,24)/t13-,16-/m1/s1. The minimum atomic E-state index is -0.287. The van der Waals surface area contributed by atoms with Gasteiger partial charge in [-0.15, -0.1) is 0 Å². The van der Waals surface area contributed by atoms with Crippen LogP contribution in [0.15, 0.2) is 55.1 Å². The van der Waals surface area contributed by atoms with Gasteiger partial charge in [-0.05, 0) is 23.6 Å². The highest BCUT2D eigenvalue weighted by atomic mass is 16.2. The van der Waals surface area contributed by atoms with E-state index in [1.165, 1.54) is 11.8 Å². The summed E-state index contributed by atoms with van der Waals surface area (Å²) in [7, 11) is 0. The molecular formula is C17H16N6O. The van der Waals surface area contributed by atoms with Crippen LogP contribution in [0.3, 0.4) is 0 Å². The van der Waals surface area contributed by atoms with E-state index >= 15 is 0 Å². The number of hydrogen-bond donors (Lipinski definition) is 2. The first-order chi connectivity index (χ1) is 11.7. The number of carbonyl (C=O) groups is 1. The summed E-state index contributed by atoms with van der Waals surface area (Å²) in [5, 5.41) is 7.06. The Balaban J connectivity index is 1.53. The van der Waals surface area contributed by atoms with Gasteiger partial charge >= 0.3 is 0 Å². The maximum atomic E-state index is 12.5. The van der Waals surface area contributed by atoms with E-state index in [1.54, 1.807) is 29.3 Å². The molecule has 3 N–H and O–H groups in total. The van der Waals surface area contributed by atoms with Crippen molar-refractivity contribution in [3.05, 3.63) is 71.9 Å². The van der Waals surface area contributed by atoms with Crippen molar-refractivity contribution in [3.63, 3.8) is 0 Å². The van der Waals surface area contributed by atoms with Gasteiger partial charge in [0.25, 0.3) is 5.91 Å². The molecule has 1 aromatic carbocycles. The monoisotopic (exact) mass is 320 g/mol. The van der Waals surface area contributed by atoms with E-state index in [9.17, 15) is 4.79 Å². The van der Waals surface area contributed by atoms with Crippen LogP contribution in [-0.4, -0.2) is 31.7 Å². The number of benzene rings is 1. The number of aromatic nitrogens is 4. The fourth-order valence-corrected chi connectivity index (χ4v) is 2.99. The van der Waals surface area contributed by atoms with Gasteiger partial charge < -0.3 is 11.1 Å². The molecule has 120 valence electrons. The molecule has 2 atom stereocenters. The van der Waals surface area contributed by atoms with Crippen LogP contribution >= 0.6 is 0 Å². The van der Waals surface area contributed by atoms with Gasteiger partial charge in [0.2, 0.25) is 0 Å². The summed E-state index contributed by atoms with van der Waals surface area (Å²) in [6.07, 6.45) is 7.10. The largest absolute Gasteiger partial charge is 0.346 e. The van der Waals surface area contributed by atoms with E-state index in [4.69, 9.17) is 5.73 Å². The van der Waals surface area contributed by atoms with E-state index in [0.29, 0.717) is 5.82 Å². The second-order valence-corrected chi connectivity index (χ2v) is 5.72. The molecule has 0 fully saturated rings. The van der Waals surface area contributed by atoms with Gasteiger partial charge in [-0.3, -0.25) is 9.78 Å². The first-order valence-electron chi connectivity index (χ1n) is 7.68. The molecule has 3 aromatic rings. The molecule has 0 radical (unpaired) electrons. The molecule has 0 bridgehead atoms. The Hall–Kier alpha value is -3.06. The molecule has 2 heterocycles. The summed E-state index contributed by atoms with van der Waals surface area (Å²) in [5.41, 5.74) is 8.76. The van der Waals surface area contributed by atoms with Crippen LogP contribution < -0.4 is 11.1 Å². The van der Waals surface area contributed by atoms with E-state index in [1.807, 2.05) is 24.3 Å². The lowest BCUT2D eigenvalue weighted by molar-refractivity contribution is 0.0928. The third kappa shape index (κ3) is 2.55. The van der Waals surface area contributed by atoms with Crippen molar-refractivity contribution in [2.75, 3.05) is 0 Å². The molecule has 0 saturated heterocycles. The third-order valence-corrected chi connectivity index (χ3v) is 4.20. The Bertz CT molecular complexity index is 876. The van der Waals surface area contributed by atoms with Crippen LogP contribution in [0.1, 0.15) is 27.7 Å². The molecule has 0 aliphatic heterocycles. The maximum absolute atomic E-state index is 12.5. The Morgan fingerprint density at radius 2 is 2.12 bits per heavy atom. The van der Waals surface area contributed by atoms with Crippen molar-refractivity contribution >= 4 is 5.91 Å². The predicted molar refractivity (Wildman–Crippen MR) is 87.5 cm³/mol. The number of carbonyl (C=O) groups excluding carboxylic acids is 1. The summed E-state index contributed by atoms with van der Waals surface area (Å²) in [6.45, 7) is 0. The predicted octanol–water partition coefficient (Wildman–Crippen LogP) is 1.02. The topological polar surface area (TPSA) is 98.7 Å². The molecule has 0 unspecified atom stereocenters. The highest BCUT2D eigenvalue weighted by Gasteiger charge is 2.30. The zero-order valence-corrected chi connectivity index (χ0v) is 12.8. The highest BCUT2D eigenvalue weighted by molar-refractivity contribution is 5.92. The molecule has 24 heavy (non-hydrogen) atoms. The molecule has 1 amide bonds. The number of hydrogen-bond acceptors (Lipinski definition) is 5. The van der Waals surface area contributed by atoms with Crippen LogP contribution in [0.25, 0.3) is 5.82 Å². The second kappa shape index (κ2) is 5.86. The lowest BCUT2D eigenvalue weighted by atomic mass is 10.1. The minimum absolute atomic E-state index is 0.148. The van der Waals surface area contributed by atoms with Crippen molar-refractivity contribution < 1.29 is 4.79 Å². The molecule has 7 nitrogen and oxygen atoms in total. The van der Waals surface area contributed by atoms with Crippen LogP contribution in [0.2, 0.25) is 0 Å². The molecule has 7 heteroatoms. The Labute approximate surface area is 138 Å². The Kier molecular flexibility index (Phi) is 3.55. The second-order valence-electron chi connectivity index (χ2n) is 5.72. The van der Waals surface area contributed by atoms with Gasteiger partial charge in [0.15, 0.2) is 5.82 Å². The van der Waals surface area contributed by atoms with Crippen molar-refractivity contribution in [1.82, 2.24) is 25.1 Å². The molecule has 0 spiro atoms. The van der Waals surface area contributed by atoms with Gasteiger partial charge in [0, 0.05) is 12.4 Å². The lowest BCUT2D eigenvalue weighted by Crippen LogP contribution is -2.41. The Morgan fingerprint density at radius 3 is 2.92 bits per heavy atom. The van der Waals surface area contributed by atoms with Gasteiger partial charge in [-0.2, -0.15) is 5.10 Å². The van der Waals surface area contributed by atoms with E-state index < -0.39 is 0 Å². The first kappa shape index (κ1) is 14.5. The van der Waals surface area contributed by atoms with Crippen LogP contribution in [0.4, 0.5) is 0 Å². The summed E-state index contributed by atoms with van der Waals surface area (Å²) in [6, 6.07) is 9.40. The van der Waals surface area contributed by atoms with Crippen molar-refractivity contribution in [1.29, 1.82) is 0 Å². The van der Waals surface area contributed by atoms with Gasteiger partial charge in [0.1, 0.15) is 5.69 Å². The number of amides is 1. The average molecular weight is 320 g/mol. The van der Waals surface area contributed by atoms with E-state index in [-0.39, 0.29) is 23.7 Å². The number of fused-ring (bicyclic) bond motifs is 1. The van der Waals surface area contributed by atoms with Crippen LogP contribution in [0.5, 0.6) is 0 Å². The van der Waals surface area contributed by atoms with Crippen LogP contribution in [-0.2, 0) is 6.42 Å². The molecule has 0 saturated carbocycles. The molecule has 1 aliphatic carbocycles. The average Bonchev–Trinajstić information content (AvgIpc) is 3.25. The first-order valence-corrected chi connectivity index (χ1v) is 7.68. The third-order valence-electron chi connectivity index (χ3n) is 4.20. The van der Waals surface area contributed by atoms with Crippen molar-refractivity contribution in [2.45, 2.75) is 18.5 Å². The number of nitrogens with zero attached hydrogens (tertiary/aromatic N) is 4. The Morgan fingerprint density at radius 1 is 1.25 bits per heavy atom. The van der Waals surface area contributed by atoms with Gasteiger partial charge in [-0.25, -0.2) is 9.67 Å². The van der Waals surface area contributed by atoms with Gasteiger partial charge in [0.05, 0.1) is 24.5 Å².